The van der Waals surface area contributed by atoms with Gasteiger partial charge in [0, 0.05) is 6.08 Å². The molecule has 1 rings (SSSR count). The highest BCUT2D eigenvalue weighted by Gasteiger charge is 2.62. The first-order valence-corrected chi connectivity index (χ1v) is 4.07. The van der Waals surface area contributed by atoms with Crippen LogP contribution in [0.15, 0.2) is 23.3 Å². The maximum Gasteiger partial charge on any atom is 0.403 e. The van der Waals surface area contributed by atoms with Gasteiger partial charge in [0.15, 0.2) is 0 Å². The Labute approximate surface area is 82.3 Å². The zero-order valence-electron chi connectivity index (χ0n) is 7.92. The molecule has 0 heterocycles. The Hall–Kier alpha value is -0.940. The minimum Gasteiger partial charge on any atom is -0.241 e. The van der Waals surface area contributed by atoms with Crippen molar-refractivity contribution >= 4 is 0 Å². The third kappa shape index (κ3) is 1.55. The molecule has 0 spiro atoms. The van der Waals surface area contributed by atoms with Crippen molar-refractivity contribution in [3.63, 3.8) is 0 Å². The molecular formula is C9H8F6. The van der Waals surface area contributed by atoms with Gasteiger partial charge in [0.2, 0.25) is 0 Å². The minimum absolute atomic E-state index is 0.0822. The van der Waals surface area contributed by atoms with Crippen molar-refractivity contribution in [1.82, 2.24) is 0 Å². The van der Waals surface area contributed by atoms with E-state index in [4.69, 9.17) is 0 Å². The summed E-state index contributed by atoms with van der Waals surface area (Å²) in [5.74, 6) is -3.13. The molecule has 1 aliphatic carbocycles. The molecule has 86 valence electrons. The largest absolute Gasteiger partial charge is 0.403 e. The van der Waals surface area contributed by atoms with Gasteiger partial charge >= 0.3 is 6.18 Å². The van der Waals surface area contributed by atoms with Crippen LogP contribution in [0.5, 0.6) is 0 Å². The van der Waals surface area contributed by atoms with E-state index in [2.05, 4.69) is 0 Å². The highest BCUT2D eigenvalue weighted by molar-refractivity contribution is 5.35. The highest BCUT2D eigenvalue weighted by Crippen LogP contribution is 2.52. The van der Waals surface area contributed by atoms with Crippen molar-refractivity contribution in [2.24, 2.45) is 5.41 Å². The van der Waals surface area contributed by atoms with Gasteiger partial charge in [-0.05, 0) is 19.4 Å². The first-order chi connectivity index (χ1) is 6.62. The third-order valence-corrected chi connectivity index (χ3v) is 2.60. The monoisotopic (exact) mass is 230 g/mol. The molecule has 0 fully saturated rings. The molecule has 0 saturated carbocycles. The molecule has 0 saturated heterocycles. The van der Waals surface area contributed by atoms with Gasteiger partial charge in [0.05, 0.1) is 0 Å². The van der Waals surface area contributed by atoms with Gasteiger partial charge in [-0.1, -0.05) is 0 Å². The fourth-order valence-corrected chi connectivity index (χ4v) is 1.33. The van der Waals surface area contributed by atoms with E-state index in [0.29, 0.717) is 6.92 Å². The van der Waals surface area contributed by atoms with E-state index in [1.54, 1.807) is 0 Å². The van der Waals surface area contributed by atoms with Crippen molar-refractivity contribution in [3.8, 4) is 0 Å². The quantitative estimate of drug-likeness (QED) is 0.551. The van der Waals surface area contributed by atoms with Crippen LogP contribution in [0.2, 0.25) is 0 Å². The summed E-state index contributed by atoms with van der Waals surface area (Å²) < 4.78 is 76.5. The smallest absolute Gasteiger partial charge is 0.241 e. The second-order valence-electron chi connectivity index (χ2n) is 3.59. The van der Waals surface area contributed by atoms with Crippen LogP contribution >= 0.6 is 0 Å². The molecule has 1 aliphatic rings. The summed E-state index contributed by atoms with van der Waals surface area (Å²) in [6.45, 7) is 1.24. The fraction of sp³-hybridized carbons (Fsp3) is 0.556. The van der Waals surface area contributed by atoms with Crippen molar-refractivity contribution in [3.05, 3.63) is 23.3 Å². The molecule has 0 aromatic heterocycles. The summed E-state index contributed by atoms with van der Waals surface area (Å²) in [6.07, 6.45) is -7.75. The zero-order chi connectivity index (χ0) is 12.0. The molecule has 0 bridgehead atoms. The maximum absolute atomic E-state index is 13.3. The average molecular weight is 230 g/mol. The van der Waals surface area contributed by atoms with Gasteiger partial charge in [-0.3, -0.25) is 0 Å². The van der Waals surface area contributed by atoms with E-state index < -0.39 is 35.0 Å². The van der Waals surface area contributed by atoms with Gasteiger partial charge in [0.1, 0.15) is 23.2 Å². The Bertz CT molecular complexity index is 337. The number of hydrogen-bond donors (Lipinski definition) is 0. The topological polar surface area (TPSA) is 0 Å². The summed E-state index contributed by atoms with van der Waals surface area (Å²) in [4.78, 5) is 0. The first-order valence-electron chi connectivity index (χ1n) is 4.07. The Morgan fingerprint density at radius 3 is 2.13 bits per heavy atom. The van der Waals surface area contributed by atoms with E-state index in [1.165, 1.54) is 0 Å². The van der Waals surface area contributed by atoms with Crippen LogP contribution in [0.1, 0.15) is 13.8 Å². The molecular weight excluding hydrogens is 222 g/mol. The molecule has 0 N–H and O–H groups in total. The normalized spacial score (nSPS) is 33.1. The SMILES string of the molecule is CC1=C(F)C=C(F)C(C)(C(F)(F)F)C1F. The molecule has 2 atom stereocenters. The van der Waals surface area contributed by atoms with Gasteiger partial charge in [-0.2, -0.15) is 13.2 Å². The number of allylic oxidation sites excluding steroid dienone is 4. The van der Waals surface area contributed by atoms with Crippen LogP contribution in [0.3, 0.4) is 0 Å². The Balaban J connectivity index is 3.32. The van der Waals surface area contributed by atoms with E-state index in [-0.39, 0.29) is 6.08 Å². The second-order valence-corrected chi connectivity index (χ2v) is 3.59. The molecule has 2 unspecified atom stereocenters. The third-order valence-electron chi connectivity index (χ3n) is 2.60. The lowest BCUT2D eigenvalue weighted by Crippen LogP contribution is -2.46. The Morgan fingerprint density at radius 1 is 1.27 bits per heavy atom. The number of hydrogen-bond acceptors (Lipinski definition) is 0. The molecule has 0 aromatic carbocycles. The van der Waals surface area contributed by atoms with E-state index >= 15 is 0 Å². The second kappa shape index (κ2) is 3.28. The summed E-state index contributed by atoms with van der Waals surface area (Å²) in [6, 6.07) is 0. The van der Waals surface area contributed by atoms with Crippen molar-refractivity contribution in [2.75, 3.05) is 0 Å². The van der Waals surface area contributed by atoms with E-state index in [1.807, 2.05) is 0 Å². The average Bonchev–Trinajstić information content (AvgIpc) is 2.09. The number of rotatable bonds is 0. The molecule has 15 heavy (non-hydrogen) atoms. The fourth-order valence-electron chi connectivity index (χ4n) is 1.33. The van der Waals surface area contributed by atoms with Gasteiger partial charge < -0.3 is 0 Å². The van der Waals surface area contributed by atoms with Crippen molar-refractivity contribution in [2.45, 2.75) is 26.2 Å². The molecule has 0 nitrogen and oxygen atoms in total. The number of halogens is 6. The van der Waals surface area contributed by atoms with Crippen LogP contribution in [0.25, 0.3) is 0 Å². The molecule has 0 aliphatic heterocycles. The molecule has 0 radical (unpaired) electrons. The maximum atomic E-state index is 13.3. The molecule has 0 amide bonds. The lowest BCUT2D eigenvalue weighted by molar-refractivity contribution is -0.225. The van der Waals surface area contributed by atoms with Crippen LogP contribution < -0.4 is 0 Å². The van der Waals surface area contributed by atoms with Crippen LogP contribution in [-0.4, -0.2) is 12.3 Å². The van der Waals surface area contributed by atoms with Crippen molar-refractivity contribution < 1.29 is 26.3 Å². The lowest BCUT2D eigenvalue weighted by atomic mass is 9.76. The predicted molar refractivity (Wildman–Crippen MR) is 42.1 cm³/mol. The first kappa shape index (κ1) is 12.1. The predicted octanol–water partition coefficient (Wildman–Crippen LogP) is 4.00. The van der Waals surface area contributed by atoms with Crippen LogP contribution in [0.4, 0.5) is 26.3 Å². The van der Waals surface area contributed by atoms with Gasteiger partial charge in [-0.15, -0.1) is 0 Å². The van der Waals surface area contributed by atoms with Crippen molar-refractivity contribution in [1.29, 1.82) is 0 Å². The standard InChI is InChI=1S/C9H8F6/c1-4-5(10)3-6(11)8(2,7(4)12)9(13,14)15/h3,7H,1-2H3. The van der Waals surface area contributed by atoms with Crippen LogP contribution in [0, 0.1) is 5.41 Å². The zero-order valence-corrected chi connectivity index (χ0v) is 7.92. The Morgan fingerprint density at radius 2 is 1.73 bits per heavy atom. The van der Waals surface area contributed by atoms with E-state index in [9.17, 15) is 26.3 Å². The number of alkyl halides is 4. The van der Waals surface area contributed by atoms with Crippen LogP contribution in [-0.2, 0) is 0 Å². The molecule has 6 heteroatoms. The highest BCUT2D eigenvalue weighted by atomic mass is 19.4. The summed E-state index contributed by atoms with van der Waals surface area (Å²) >= 11 is 0. The molecule has 0 aromatic rings. The summed E-state index contributed by atoms with van der Waals surface area (Å²) in [7, 11) is 0. The van der Waals surface area contributed by atoms with Gasteiger partial charge in [-0.25, -0.2) is 13.2 Å². The van der Waals surface area contributed by atoms with Gasteiger partial charge in [0.25, 0.3) is 0 Å². The summed E-state index contributed by atoms with van der Waals surface area (Å²) in [5, 5.41) is 0. The minimum atomic E-state index is -5.10. The lowest BCUT2D eigenvalue weighted by Gasteiger charge is -2.36. The summed E-state index contributed by atoms with van der Waals surface area (Å²) in [5.41, 5.74) is -4.02. The van der Waals surface area contributed by atoms with E-state index in [0.717, 1.165) is 6.92 Å². The Kier molecular flexibility index (Phi) is 2.65.